The number of ketones is 3. The van der Waals surface area contributed by atoms with Crippen molar-refractivity contribution in [3.63, 3.8) is 0 Å². The fourth-order valence-electron chi connectivity index (χ4n) is 6.18. The number of nitrogens with zero attached hydrogens (tertiary/aromatic N) is 1. The van der Waals surface area contributed by atoms with E-state index in [2.05, 4.69) is 0 Å². The minimum absolute atomic E-state index is 0.0229. The zero-order valence-corrected chi connectivity index (χ0v) is 21.1. The summed E-state index contributed by atoms with van der Waals surface area (Å²) in [5.74, 6) is -7.27. The molecule has 1 amide bonds. The third kappa shape index (κ3) is 3.86. The molecule has 0 spiro atoms. The molecule has 0 aromatic heterocycles. The van der Waals surface area contributed by atoms with Crippen LogP contribution in [0.1, 0.15) is 65.3 Å². The minimum atomic E-state index is -2.69. The van der Waals surface area contributed by atoms with Gasteiger partial charge in [0.05, 0.1) is 11.6 Å². The highest BCUT2D eigenvalue weighted by molar-refractivity contribution is 6.25. The predicted octanol–water partition coefficient (Wildman–Crippen LogP) is 1.88. The molecule has 3 aliphatic rings. The van der Waals surface area contributed by atoms with Crippen LogP contribution in [0.5, 0.6) is 5.75 Å². The highest BCUT2D eigenvalue weighted by Crippen LogP contribution is 2.52. The summed E-state index contributed by atoms with van der Waals surface area (Å²) in [6, 6.07) is 1.68. The lowest BCUT2D eigenvalue weighted by Gasteiger charge is -2.50. The number of allylic oxidation sites excluding steroid dienone is 1. The Bertz CT molecular complexity index is 1280. The molecule has 0 saturated carbocycles. The second-order valence-corrected chi connectivity index (χ2v) is 10.3. The SMILES string of the molecule is CCCCCC(=O)c1ccc(O)c2c1C[C@@H]1C[C@@H]3[C@@H](N(C)C)C(O)=C(C(N)=O)C(=O)[C@@]3(O)C(O)=C1C2=O. The highest BCUT2D eigenvalue weighted by Gasteiger charge is 2.63. The van der Waals surface area contributed by atoms with Gasteiger partial charge in [0, 0.05) is 23.5 Å². The molecule has 0 fully saturated rings. The fraction of sp³-hybridized carbons (Fsp3) is 0.481. The minimum Gasteiger partial charge on any atom is -0.510 e. The number of aliphatic hydroxyl groups excluding tert-OH is 2. The second-order valence-electron chi connectivity index (χ2n) is 10.3. The van der Waals surface area contributed by atoms with Gasteiger partial charge in [-0.1, -0.05) is 19.8 Å². The van der Waals surface area contributed by atoms with E-state index in [0.29, 0.717) is 17.5 Å². The van der Waals surface area contributed by atoms with E-state index >= 15 is 0 Å². The zero-order chi connectivity index (χ0) is 27.4. The van der Waals surface area contributed by atoms with Gasteiger partial charge in [-0.25, -0.2) is 0 Å². The number of carbonyl (C=O) groups excluding carboxylic acids is 4. The molecule has 3 aliphatic carbocycles. The number of likely N-dealkylation sites (N-methyl/N-ethyl adjacent to an activating group) is 1. The third-order valence-electron chi connectivity index (χ3n) is 7.91. The lowest BCUT2D eigenvalue weighted by atomic mass is 9.58. The monoisotopic (exact) mass is 512 g/mol. The van der Waals surface area contributed by atoms with Crippen LogP contribution in [0.4, 0.5) is 0 Å². The lowest BCUT2D eigenvalue weighted by Crippen LogP contribution is -2.63. The van der Waals surface area contributed by atoms with Crippen molar-refractivity contribution in [1.82, 2.24) is 4.90 Å². The molecule has 1 aromatic rings. The number of aliphatic hydroxyl groups is 3. The quantitative estimate of drug-likeness (QED) is 0.207. The number of fused-ring (bicyclic) bond motifs is 3. The fourth-order valence-corrected chi connectivity index (χ4v) is 6.18. The van der Waals surface area contributed by atoms with E-state index in [1.807, 2.05) is 6.92 Å². The maximum absolute atomic E-state index is 13.7. The van der Waals surface area contributed by atoms with E-state index in [0.717, 1.165) is 12.8 Å². The van der Waals surface area contributed by atoms with Crippen molar-refractivity contribution in [1.29, 1.82) is 0 Å². The molecule has 4 atom stereocenters. The average Bonchev–Trinajstić information content (AvgIpc) is 2.81. The van der Waals surface area contributed by atoms with Crippen LogP contribution >= 0.6 is 0 Å². The number of aromatic hydroxyl groups is 1. The Balaban J connectivity index is 1.88. The molecule has 37 heavy (non-hydrogen) atoms. The molecule has 6 N–H and O–H groups in total. The van der Waals surface area contributed by atoms with Crippen molar-refractivity contribution in [3.05, 3.63) is 51.5 Å². The van der Waals surface area contributed by atoms with Crippen molar-refractivity contribution in [2.75, 3.05) is 14.1 Å². The van der Waals surface area contributed by atoms with E-state index in [-0.39, 0.29) is 41.9 Å². The number of phenols is 1. The number of unbranched alkanes of at least 4 members (excludes halogenated alkanes) is 2. The Hall–Kier alpha value is -3.50. The molecule has 0 aliphatic heterocycles. The number of hydrogen-bond acceptors (Lipinski definition) is 9. The third-order valence-corrected chi connectivity index (χ3v) is 7.91. The van der Waals surface area contributed by atoms with Gasteiger partial charge in [0.15, 0.2) is 17.2 Å². The molecule has 0 saturated heterocycles. The number of rotatable bonds is 7. The summed E-state index contributed by atoms with van der Waals surface area (Å²) in [4.78, 5) is 53.5. The molecule has 0 heterocycles. The van der Waals surface area contributed by atoms with Crippen LogP contribution in [-0.2, 0) is 16.0 Å². The number of benzene rings is 1. The largest absolute Gasteiger partial charge is 0.510 e. The van der Waals surface area contributed by atoms with Crippen molar-refractivity contribution in [2.24, 2.45) is 17.6 Å². The first-order chi connectivity index (χ1) is 17.4. The van der Waals surface area contributed by atoms with Crippen LogP contribution in [0.25, 0.3) is 0 Å². The lowest BCUT2D eigenvalue weighted by molar-refractivity contribution is -0.148. The van der Waals surface area contributed by atoms with Crippen molar-refractivity contribution >= 4 is 23.3 Å². The van der Waals surface area contributed by atoms with Crippen molar-refractivity contribution < 1.29 is 39.6 Å². The number of nitrogens with two attached hydrogens (primary N) is 1. The Kier molecular flexibility index (Phi) is 6.76. The topological polar surface area (TPSA) is 178 Å². The second kappa shape index (κ2) is 9.42. The Morgan fingerprint density at radius 1 is 1.14 bits per heavy atom. The molecule has 0 radical (unpaired) electrons. The van der Waals surface area contributed by atoms with E-state index < -0.39 is 58.0 Å². The maximum atomic E-state index is 13.7. The summed E-state index contributed by atoms with van der Waals surface area (Å²) < 4.78 is 0. The van der Waals surface area contributed by atoms with Gasteiger partial charge >= 0.3 is 0 Å². The van der Waals surface area contributed by atoms with Gasteiger partial charge in [-0.05, 0) is 57.0 Å². The van der Waals surface area contributed by atoms with Gasteiger partial charge in [0.25, 0.3) is 5.91 Å². The van der Waals surface area contributed by atoms with Crippen LogP contribution in [0, 0.1) is 11.8 Å². The summed E-state index contributed by atoms with van der Waals surface area (Å²) in [5, 5.41) is 44.3. The summed E-state index contributed by atoms with van der Waals surface area (Å²) >= 11 is 0. The van der Waals surface area contributed by atoms with Gasteiger partial charge in [-0.2, -0.15) is 0 Å². The zero-order valence-electron chi connectivity index (χ0n) is 21.1. The number of carbonyl (C=O) groups is 4. The summed E-state index contributed by atoms with van der Waals surface area (Å²) in [6.45, 7) is 2.02. The van der Waals surface area contributed by atoms with E-state index in [1.165, 1.54) is 17.0 Å². The number of phenolic OH excluding ortho intramolecular Hbond substituents is 1. The first-order valence-corrected chi connectivity index (χ1v) is 12.4. The normalized spacial score (nSPS) is 27.2. The standard InChI is InChI=1S/C27H32N2O8/c1-4-5-6-7-16(30)13-8-9-17(31)19-14(13)10-12-11-15-21(29(2)3)23(33)20(26(28)36)25(35)27(15,37)24(34)18(12)22(19)32/h8-9,12,15,21,31,33-34,37H,4-7,10-11H2,1-3H3,(H2,28,36)/t12-,15-,21-,27+/m1/s1. The van der Waals surface area contributed by atoms with Gasteiger partial charge in [0.2, 0.25) is 5.78 Å². The molecule has 10 heteroatoms. The molecule has 1 aromatic carbocycles. The van der Waals surface area contributed by atoms with Gasteiger partial charge in [0.1, 0.15) is 22.8 Å². The van der Waals surface area contributed by atoms with Gasteiger partial charge < -0.3 is 26.2 Å². The Morgan fingerprint density at radius 3 is 2.41 bits per heavy atom. The van der Waals surface area contributed by atoms with Crippen LogP contribution < -0.4 is 5.73 Å². The van der Waals surface area contributed by atoms with Gasteiger partial charge in [-0.15, -0.1) is 0 Å². The van der Waals surface area contributed by atoms with Crippen molar-refractivity contribution in [2.45, 2.75) is 57.1 Å². The van der Waals surface area contributed by atoms with E-state index in [1.54, 1.807) is 14.1 Å². The predicted molar refractivity (Wildman–Crippen MR) is 132 cm³/mol. The molecule has 10 nitrogen and oxygen atoms in total. The molecular weight excluding hydrogens is 480 g/mol. The van der Waals surface area contributed by atoms with Crippen molar-refractivity contribution in [3.8, 4) is 5.75 Å². The number of Topliss-reactive ketones (excluding diaryl/α,β-unsaturated/α-hetero) is 3. The summed E-state index contributed by atoms with van der Waals surface area (Å²) in [6.07, 6.45) is 2.85. The summed E-state index contributed by atoms with van der Waals surface area (Å²) in [5.41, 5.74) is 2.08. The smallest absolute Gasteiger partial charge is 0.255 e. The van der Waals surface area contributed by atoms with Crippen LogP contribution in [0.3, 0.4) is 0 Å². The maximum Gasteiger partial charge on any atom is 0.255 e. The van der Waals surface area contributed by atoms with Crippen LogP contribution in [0.15, 0.2) is 34.8 Å². The summed E-state index contributed by atoms with van der Waals surface area (Å²) in [7, 11) is 3.14. The number of hydrogen-bond donors (Lipinski definition) is 5. The number of amides is 1. The van der Waals surface area contributed by atoms with Crippen LogP contribution in [-0.4, -0.2) is 74.3 Å². The molecule has 198 valence electrons. The first-order valence-electron chi connectivity index (χ1n) is 12.4. The number of primary amides is 1. The van der Waals surface area contributed by atoms with E-state index in [9.17, 15) is 39.6 Å². The molecule has 4 rings (SSSR count). The van der Waals surface area contributed by atoms with Crippen LogP contribution in [0.2, 0.25) is 0 Å². The molecule has 0 unspecified atom stereocenters. The Labute approximate surface area is 214 Å². The first kappa shape index (κ1) is 26.6. The highest BCUT2D eigenvalue weighted by atomic mass is 16.3. The molecular formula is C27H32N2O8. The van der Waals surface area contributed by atoms with Gasteiger partial charge in [-0.3, -0.25) is 24.1 Å². The average molecular weight is 513 g/mol. The molecule has 0 bridgehead atoms. The van der Waals surface area contributed by atoms with E-state index in [4.69, 9.17) is 5.73 Å². The Morgan fingerprint density at radius 2 is 1.81 bits per heavy atom.